The molecule has 0 saturated carbocycles. The monoisotopic (exact) mass is 282 g/mol. The molecule has 1 aromatic carbocycles. The fraction of sp³-hybridized carbons (Fsp3) is 0.231. The normalized spacial score (nSPS) is 10.5. The van der Waals surface area contributed by atoms with E-state index in [2.05, 4.69) is 14.7 Å². The van der Waals surface area contributed by atoms with Gasteiger partial charge >= 0.3 is 5.97 Å². The summed E-state index contributed by atoms with van der Waals surface area (Å²) in [7, 11) is 1.30. The zero-order valence-electron chi connectivity index (χ0n) is 10.5. The van der Waals surface area contributed by atoms with Gasteiger partial charge in [-0.2, -0.15) is 0 Å². The van der Waals surface area contributed by atoms with E-state index in [1.165, 1.54) is 19.2 Å². The molecule has 0 aliphatic rings. The van der Waals surface area contributed by atoms with Crippen LogP contribution in [0, 0.1) is 5.82 Å². The highest BCUT2D eigenvalue weighted by atomic mass is 35.5. The fourth-order valence-electron chi connectivity index (χ4n) is 1.71. The molecule has 4 nitrogen and oxygen atoms in total. The molecule has 1 aromatic heterocycles. The fourth-order valence-corrected chi connectivity index (χ4v) is 1.89. The molecule has 0 unspecified atom stereocenters. The highest BCUT2D eigenvalue weighted by molar-refractivity contribution is 6.31. The molecule has 0 atom stereocenters. The van der Waals surface area contributed by atoms with Gasteiger partial charge in [-0.3, -0.25) is 0 Å². The lowest BCUT2D eigenvalue weighted by Gasteiger charge is -1.98. The van der Waals surface area contributed by atoms with E-state index in [-0.39, 0.29) is 10.7 Å². The lowest BCUT2D eigenvalue weighted by molar-refractivity contribution is 0.0593. The number of rotatable bonds is 3. The number of H-pyrrole nitrogens is 1. The van der Waals surface area contributed by atoms with Gasteiger partial charge in [0.15, 0.2) is 5.69 Å². The van der Waals surface area contributed by atoms with Gasteiger partial charge in [-0.15, -0.1) is 0 Å². The van der Waals surface area contributed by atoms with Gasteiger partial charge in [0.1, 0.15) is 11.6 Å². The van der Waals surface area contributed by atoms with Crippen molar-refractivity contribution in [1.29, 1.82) is 0 Å². The number of methoxy groups -OCH3 is 1. The highest BCUT2D eigenvalue weighted by Crippen LogP contribution is 2.24. The standard InChI is InChI=1S/C13H12ClFN2O2/c1-3-10-11(13(18)19-2)17-12(16-10)7-4-5-9(15)8(14)6-7/h4-6H,3H2,1-2H3,(H,16,17). The van der Waals surface area contributed by atoms with Crippen molar-refractivity contribution in [1.82, 2.24) is 9.97 Å². The molecule has 0 amide bonds. The zero-order valence-corrected chi connectivity index (χ0v) is 11.2. The maximum Gasteiger partial charge on any atom is 0.358 e. The number of nitrogens with one attached hydrogen (secondary N) is 1. The van der Waals surface area contributed by atoms with Crippen molar-refractivity contribution >= 4 is 17.6 Å². The Balaban J connectivity index is 2.48. The van der Waals surface area contributed by atoms with Gasteiger partial charge in [0.05, 0.1) is 12.1 Å². The molecule has 0 radical (unpaired) electrons. The Bertz CT molecular complexity index is 625. The first-order chi connectivity index (χ1) is 9.06. The predicted octanol–water partition coefficient (Wildman–Crippen LogP) is 3.22. The quantitative estimate of drug-likeness (QED) is 0.880. The summed E-state index contributed by atoms with van der Waals surface area (Å²) >= 11 is 5.73. The number of aromatic nitrogens is 2. The van der Waals surface area contributed by atoms with E-state index >= 15 is 0 Å². The summed E-state index contributed by atoms with van der Waals surface area (Å²) in [4.78, 5) is 18.8. The Morgan fingerprint density at radius 3 is 2.84 bits per heavy atom. The summed E-state index contributed by atoms with van der Waals surface area (Å²) in [6, 6.07) is 4.25. The van der Waals surface area contributed by atoms with Crippen LogP contribution < -0.4 is 0 Å². The number of nitrogens with zero attached hydrogens (tertiary/aromatic N) is 1. The minimum absolute atomic E-state index is 0.00608. The molecule has 0 aliphatic heterocycles. The van der Waals surface area contributed by atoms with Crippen LogP contribution in [0.15, 0.2) is 18.2 Å². The van der Waals surface area contributed by atoms with Gasteiger partial charge in [0.25, 0.3) is 0 Å². The van der Waals surface area contributed by atoms with Crippen molar-refractivity contribution in [3.05, 3.63) is 40.4 Å². The Labute approximate surface area is 114 Å². The molecule has 0 aliphatic carbocycles. The summed E-state index contributed by atoms with van der Waals surface area (Å²) in [5.41, 5.74) is 1.51. The summed E-state index contributed by atoms with van der Waals surface area (Å²) in [6.07, 6.45) is 0.604. The second-order valence-corrected chi connectivity index (χ2v) is 4.29. The van der Waals surface area contributed by atoms with Crippen LogP contribution in [0.5, 0.6) is 0 Å². The van der Waals surface area contributed by atoms with Crippen molar-refractivity contribution in [3.8, 4) is 11.4 Å². The van der Waals surface area contributed by atoms with E-state index in [9.17, 15) is 9.18 Å². The first-order valence-corrected chi connectivity index (χ1v) is 6.07. The summed E-state index contributed by atoms with van der Waals surface area (Å²) < 4.78 is 17.8. The smallest absolute Gasteiger partial charge is 0.358 e. The largest absolute Gasteiger partial charge is 0.464 e. The molecule has 0 fully saturated rings. The van der Waals surface area contributed by atoms with Crippen molar-refractivity contribution in [2.75, 3.05) is 7.11 Å². The minimum Gasteiger partial charge on any atom is -0.464 e. The molecule has 1 N–H and O–H groups in total. The second kappa shape index (κ2) is 5.40. The molecule has 1 heterocycles. The second-order valence-electron chi connectivity index (χ2n) is 3.89. The molecule has 0 bridgehead atoms. The number of esters is 1. The minimum atomic E-state index is -0.507. The van der Waals surface area contributed by atoms with Crippen LogP contribution in [0.3, 0.4) is 0 Å². The van der Waals surface area contributed by atoms with Gasteiger partial charge < -0.3 is 9.72 Å². The Morgan fingerprint density at radius 2 is 2.26 bits per heavy atom. The number of carbonyl (C=O) groups excluding carboxylic acids is 1. The van der Waals surface area contributed by atoms with E-state index in [1.807, 2.05) is 6.92 Å². The van der Waals surface area contributed by atoms with Gasteiger partial charge in [0, 0.05) is 11.3 Å². The maximum atomic E-state index is 13.1. The number of aromatic amines is 1. The molecule has 19 heavy (non-hydrogen) atoms. The van der Waals surface area contributed by atoms with E-state index in [0.717, 1.165) is 0 Å². The van der Waals surface area contributed by atoms with Crippen molar-refractivity contribution < 1.29 is 13.9 Å². The molecule has 0 spiro atoms. The van der Waals surface area contributed by atoms with Gasteiger partial charge in [-0.25, -0.2) is 14.2 Å². The third kappa shape index (κ3) is 2.61. The van der Waals surface area contributed by atoms with Crippen molar-refractivity contribution in [2.45, 2.75) is 13.3 Å². The Hall–Kier alpha value is -1.88. The molecule has 2 rings (SSSR count). The number of carbonyl (C=O) groups is 1. The lowest BCUT2D eigenvalue weighted by atomic mass is 10.2. The average Bonchev–Trinajstić information content (AvgIpc) is 2.85. The zero-order chi connectivity index (χ0) is 14.0. The van der Waals surface area contributed by atoms with Crippen molar-refractivity contribution in [2.24, 2.45) is 0 Å². The Morgan fingerprint density at radius 1 is 1.53 bits per heavy atom. The summed E-state index contributed by atoms with van der Waals surface area (Å²) in [5, 5.41) is 0.00608. The molecule has 2 aromatic rings. The SMILES string of the molecule is CCc1[nH]c(-c2ccc(F)c(Cl)c2)nc1C(=O)OC. The first-order valence-electron chi connectivity index (χ1n) is 5.69. The number of hydrogen-bond acceptors (Lipinski definition) is 3. The van der Waals surface area contributed by atoms with Crippen LogP contribution >= 0.6 is 11.6 Å². The van der Waals surface area contributed by atoms with Gasteiger partial charge in [-0.05, 0) is 24.6 Å². The topological polar surface area (TPSA) is 55.0 Å². The van der Waals surface area contributed by atoms with Crippen LogP contribution in [-0.4, -0.2) is 23.0 Å². The highest BCUT2D eigenvalue weighted by Gasteiger charge is 2.18. The Kier molecular flexibility index (Phi) is 3.85. The van der Waals surface area contributed by atoms with E-state index in [0.29, 0.717) is 23.5 Å². The lowest BCUT2D eigenvalue weighted by Crippen LogP contribution is -2.04. The third-order valence-electron chi connectivity index (χ3n) is 2.70. The number of ether oxygens (including phenoxy) is 1. The molecule has 0 saturated heterocycles. The van der Waals surface area contributed by atoms with E-state index in [1.54, 1.807) is 6.07 Å². The van der Waals surface area contributed by atoms with Crippen LogP contribution in [0.25, 0.3) is 11.4 Å². The number of hydrogen-bond donors (Lipinski definition) is 1. The maximum absolute atomic E-state index is 13.1. The van der Waals surface area contributed by atoms with Crippen molar-refractivity contribution in [3.63, 3.8) is 0 Å². The van der Waals surface area contributed by atoms with Gasteiger partial charge in [-0.1, -0.05) is 18.5 Å². The summed E-state index contributed by atoms with van der Waals surface area (Å²) in [6.45, 7) is 1.89. The van der Waals surface area contributed by atoms with E-state index < -0.39 is 11.8 Å². The predicted molar refractivity (Wildman–Crippen MR) is 69.7 cm³/mol. The molecular weight excluding hydrogens is 271 g/mol. The van der Waals surface area contributed by atoms with E-state index in [4.69, 9.17) is 11.6 Å². The first kappa shape index (κ1) is 13.5. The summed E-state index contributed by atoms with van der Waals surface area (Å²) in [5.74, 6) is -0.549. The number of benzene rings is 1. The number of halogens is 2. The van der Waals surface area contributed by atoms with Gasteiger partial charge in [0.2, 0.25) is 0 Å². The van der Waals surface area contributed by atoms with Crippen LogP contribution in [0.1, 0.15) is 23.1 Å². The molecular formula is C13H12ClFN2O2. The number of aryl methyl sites for hydroxylation is 1. The average molecular weight is 283 g/mol. The molecule has 6 heteroatoms. The number of imidazole rings is 1. The van der Waals surface area contributed by atoms with Crippen LogP contribution in [0.4, 0.5) is 4.39 Å². The molecule has 100 valence electrons. The van der Waals surface area contributed by atoms with Crippen LogP contribution in [0.2, 0.25) is 5.02 Å². The van der Waals surface area contributed by atoms with Crippen LogP contribution in [-0.2, 0) is 11.2 Å². The third-order valence-corrected chi connectivity index (χ3v) is 2.99.